The van der Waals surface area contributed by atoms with E-state index < -0.39 is 17.4 Å². The van der Waals surface area contributed by atoms with Gasteiger partial charge in [-0.15, -0.1) is 10.2 Å². The van der Waals surface area contributed by atoms with E-state index in [4.69, 9.17) is 4.42 Å². The van der Waals surface area contributed by atoms with Crippen LogP contribution < -0.4 is 5.76 Å². The molecule has 0 N–H and O–H groups in total. The predicted octanol–water partition coefficient (Wildman–Crippen LogP) is 4.91. The molecule has 0 saturated heterocycles. The molecule has 5 rings (SSSR count). The van der Waals surface area contributed by atoms with Gasteiger partial charge in [0, 0.05) is 23.9 Å². The Bertz CT molecular complexity index is 1460. The van der Waals surface area contributed by atoms with E-state index in [0.29, 0.717) is 34.4 Å². The Labute approximate surface area is 185 Å². The summed E-state index contributed by atoms with van der Waals surface area (Å²) < 4.78 is 36.6. The average Bonchev–Trinajstić information content (AvgIpc) is 3.35. The number of aromatic nitrogens is 4. The summed E-state index contributed by atoms with van der Waals surface area (Å²) in [7, 11) is 0. The smallest absolute Gasteiger partial charge is 0.408 e. The number of thioether (sulfide) groups is 1. The highest BCUT2D eigenvalue weighted by Gasteiger charge is 2.19. The van der Waals surface area contributed by atoms with E-state index in [-0.39, 0.29) is 5.69 Å². The summed E-state index contributed by atoms with van der Waals surface area (Å²) >= 11 is 1.31. The van der Waals surface area contributed by atoms with E-state index in [1.54, 1.807) is 21.3 Å². The normalized spacial score (nSPS) is 11.3. The van der Waals surface area contributed by atoms with Gasteiger partial charge in [0.25, 0.3) is 0 Å². The molecule has 0 spiro atoms. The molecule has 5 aromatic rings. The number of fused-ring (bicyclic) bond motifs is 1. The molecule has 0 aliphatic heterocycles. The number of oxazole rings is 1. The van der Waals surface area contributed by atoms with Gasteiger partial charge in [0.05, 0.1) is 11.2 Å². The summed E-state index contributed by atoms with van der Waals surface area (Å²) in [6.45, 7) is 0.361. The highest BCUT2D eigenvalue weighted by molar-refractivity contribution is 7.99. The maximum atomic E-state index is 14.7. The molecule has 9 heteroatoms. The molecule has 2 heterocycles. The summed E-state index contributed by atoms with van der Waals surface area (Å²) in [6, 6.07) is 19.8. The van der Waals surface area contributed by atoms with Gasteiger partial charge >= 0.3 is 5.76 Å². The lowest BCUT2D eigenvalue weighted by Gasteiger charge is -2.11. The molecular weight excluding hydrogens is 434 g/mol. The number of halogens is 2. The molecule has 0 fully saturated rings. The van der Waals surface area contributed by atoms with E-state index in [0.717, 1.165) is 11.6 Å². The van der Waals surface area contributed by atoms with E-state index >= 15 is 0 Å². The number of para-hydroxylation sites is 2. The van der Waals surface area contributed by atoms with Crippen molar-refractivity contribution in [2.45, 2.75) is 11.7 Å². The topological polar surface area (TPSA) is 65.8 Å². The van der Waals surface area contributed by atoms with E-state index in [1.807, 2.05) is 42.5 Å². The van der Waals surface area contributed by atoms with Crippen molar-refractivity contribution in [2.24, 2.45) is 0 Å². The van der Waals surface area contributed by atoms with Crippen molar-refractivity contribution >= 4 is 22.9 Å². The fraction of sp³-hybridized carbons (Fsp3) is 0.0870. The standard InChI is InChI=1S/C23H16F2N4O2S/c24-16-10-11-18(17(25)14-16)29-21(15-6-2-1-3-7-15)26-27-22(29)32-13-12-28-19-8-4-5-9-20(19)31-23(28)30/h1-11,14H,12-13H2. The fourth-order valence-electron chi connectivity index (χ4n) is 3.47. The van der Waals surface area contributed by atoms with Gasteiger partial charge in [-0.25, -0.2) is 13.6 Å². The molecule has 0 saturated carbocycles. The van der Waals surface area contributed by atoms with Gasteiger partial charge in [0.2, 0.25) is 0 Å². The second-order valence-corrected chi connectivity index (χ2v) is 8.00. The summed E-state index contributed by atoms with van der Waals surface area (Å²) in [5.74, 6) is -0.937. The first kappa shape index (κ1) is 20.2. The van der Waals surface area contributed by atoms with Crippen LogP contribution in [0.3, 0.4) is 0 Å². The molecule has 3 aromatic carbocycles. The first-order valence-electron chi connectivity index (χ1n) is 9.79. The minimum atomic E-state index is -0.721. The zero-order valence-corrected chi connectivity index (χ0v) is 17.4. The molecule has 0 atom stereocenters. The summed E-state index contributed by atoms with van der Waals surface area (Å²) in [5.41, 5.74) is 2.11. The molecule has 160 valence electrons. The lowest BCUT2D eigenvalue weighted by atomic mass is 10.2. The first-order valence-corrected chi connectivity index (χ1v) is 10.8. The SMILES string of the molecule is O=c1oc2ccccc2n1CCSc1nnc(-c2ccccc2)n1-c1ccc(F)cc1F. The highest BCUT2D eigenvalue weighted by Crippen LogP contribution is 2.29. The Hall–Kier alpha value is -3.72. The molecule has 0 aliphatic carbocycles. The second kappa shape index (κ2) is 8.43. The van der Waals surface area contributed by atoms with Crippen LogP contribution in [0.2, 0.25) is 0 Å². The van der Waals surface area contributed by atoms with Crippen molar-refractivity contribution in [2.75, 3.05) is 5.75 Å². The number of rotatable bonds is 6. The van der Waals surface area contributed by atoms with Gasteiger partial charge in [-0.2, -0.15) is 0 Å². The van der Waals surface area contributed by atoms with Crippen molar-refractivity contribution < 1.29 is 13.2 Å². The average molecular weight is 450 g/mol. The zero-order chi connectivity index (χ0) is 22.1. The van der Waals surface area contributed by atoms with Crippen LogP contribution in [0.4, 0.5) is 8.78 Å². The van der Waals surface area contributed by atoms with E-state index in [1.165, 1.54) is 23.9 Å². The van der Waals surface area contributed by atoms with Crippen molar-refractivity contribution in [3.8, 4) is 17.1 Å². The maximum absolute atomic E-state index is 14.7. The molecular formula is C23H16F2N4O2S. The first-order chi connectivity index (χ1) is 15.6. The molecule has 6 nitrogen and oxygen atoms in total. The predicted molar refractivity (Wildman–Crippen MR) is 118 cm³/mol. The third-order valence-electron chi connectivity index (χ3n) is 4.94. The third-order valence-corrected chi connectivity index (χ3v) is 5.84. The van der Waals surface area contributed by atoms with Gasteiger partial charge in [-0.1, -0.05) is 54.2 Å². The minimum absolute atomic E-state index is 0.142. The number of aryl methyl sites for hydroxylation is 1. The van der Waals surface area contributed by atoms with E-state index in [2.05, 4.69) is 10.2 Å². The summed E-state index contributed by atoms with van der Waals surface area (Å²) in [5, 5.41) is 8.92. The molecule has 32 heavy (non-hydrogen) atoms. The number of benzene rings is 3. The maximum Gasteiger partial charge on any atom is 0.419 e. The minimum Gasteiger partial charge on any atom is -0.408 e. The quantitative estimate of drug-likeness (QED) is 0.344. The van der Waals surface area contributed by atoms with Crippen molar-refractivity contribution in [3.05, 3.63) is 95.0 Å². The van der Waals surface area contributed by atoms with Crippen LogP contribution in [-0.4, -0.2) is 25.1 Å². The number of hydrogen-bond donors (Lipinski definition) is 0. The van der Waals surface area contributed by atoms with Gasteiger partial charge < -0.3 is 4.42 Å². The van der Waals surface area contributed by atoms with Gasteiger partial charge in [-0.05, 0) is 24.3 Å². The Morgan fingerprint density at radius 3 is 2.53 bits per heavy atom. The van der Waals surface area contributed by atoms with Gasteiger partial charge in [0.1, 0.15) is 11.6 Å². The van der Waals surface area contributed by atoms with Crippen LogP contribution in [-0.2, 0) is 6.54 Å². The lowest BCUT2D eigenvalue weighted by Crippen LogP contribution is -2.15. The third kappa shape index (κ3) is 3.71. The van der Waals surface area contributed by atoms with Crippen molar-refractivity contribution in [1.29, 1.82) is 0 Å². The molecule has 0 bridgehead atoms. The Kier molecular flexibility index (Phi) is 5.32. The fourth-order valence-corrected chi connectivity index (χ4v) is 4.34. The van der Waals surface area contributed by atoms with Crippen LogP contribution in [0.5, 0.6) is 0 Å². The zero-order valence-electron chi connectivity index (χ0n) is 16.6. The van der Waals surface area contributed by atoms with Gasteiger partial charge in [-0.3, -0.25) is 9.13 Å². The van der Waals surface area contributed by atoms with Crippen LogP contribution in [0.15, 0.2) is 87.2 Å². The Morgan fingerprint density at radius 2 is 1.72 bits per heavy atom. The summed E-state index contributed by atoms with van der Waals surface area (Å²) in [4.78, 5) is 12.2. The Morgan fingerprint density at radius 1 is 0.938 bits per heavy atom. The number of hydrogen-bond acceptors (Lipinski definition) is 5. The number of nitrogens with zero attached hydrogens (tertiary/aromatic N) is 4. The molecule has 0 aliphatic rings. The van der Waals surface area contributed by atoms with Crippen LogP contribution >= 0.6 is 11.8 Å². The van der Waals surface area contributed by atoms with Crippen LogP contribution in [0.25, 0.3) is 28.2 Å². The molecule has 0 radical (unpaired) electrons. The monoisotopic (exact) mass is 450 g/mol. The molecule has 0 amide bonds. The second-order valence-electron chi connectivity index (χ2n) is 6.94. The van der Waals surface area contributed by atoms with E-state index in [9.17, 15) is 13.6 Å². The van der Waals surface area contributed by atoms with Crippen molar-refractivity contribution in [1.82, 2.24) is 19.3 Å². The molecule has 0 unspecified atom stereocenters. The lowest BCUT2D eigenvalue weighted by molar-refractivity contribution is 0.514. The van der Waals surface area contributed by atoms with Gasteiger partial charge in [0.15, 0.2) is 16.6 Å². The summed E-state index contributed by atoms with van der Waals surface area (Å²) in [6.07, 6.45) is 0. The largest absolute Gasteiger partial charge is 0.419 e. The van der Waals surface area contributed by atoms with Crippen LogP contribution in [0, 0.1) is 11.6 Å². The molecule has 2 aromatic heterocycles. The van der Waals surface area contributed by atoms with Crippen molar-refractivity contribution in [3.63, 3.8) is 0 Å². The van der Waals surface area contributed by atoms with Crippen LogP contribution in [0.1, 0.15) is 0 Å². The highest BCUT2D eigenvalue weighted by atomic mass is 32.2. The Balaban J connectivity index is 1.49.